The first-order valence-electron chi connectivity index (χ1n) is 11.3. The molecule has 0 saturated carbocycles. The Morgan fingerprint density at radius 1 is 0.743 bits per heavy atom. The van der Waals surface area contributed by atoms with E-state index in [9.17, 15) is 40.2 Å². The molecule has 0 aromatic carbocycles. The van der Waals surface area contributed by atoms with E-state index in [0.717, 1.165) is 0 Å². The van der Waals surface area contributed by atoms with Gasteiger partial charge in [0.2, 0.25) is 5.91 Å². The maximum absolute atomic E-state index is 12.6. The fraction of sp³-hybridized carbons (Fsp3) is 0.900. The Kier molecular flexibility index (Phi) is 18.6. The number of carbonyl (C=O) groups excluding carboxylic acids is 2. The second kappa shape index (κ2) is 19.5. The van der Waals surface area contributed by atoms with Gasteiger partial charge < -0.3 is 67.0 Å². The summed E-state index contributed by atoms with van der Waals surface area (Å²) in [4.78, 5) is 23.6. The van der Waals surface area contributed by atoms with Crippen molar-refractivity contribution in [3.63, 3.8) is 0 Å². The minimum atomic E-state index is -1.48. The van der Waals surface area contributed by atoms with E-state index in [-0.39, 0.29) is 26.4 Å². The Balaban J connectivity index is 5.36. The standard InChI is InChI=1S/C20H42N4O11/c21-17(18(22)31)3-1-2-4-23-19(32)24-20(11-33-14(5-25)6-26,12-34-15(7-27)8-28)13-35-16(9-29)10-30/h14-17,25-30H,1-13,21H2,(H2,22,31)(H2,23,24,32)/t17-/m1/s1. The van der Waals surface area contributed by atoms with Crippen molar-refractivity contribution < 1.29 is 54.4 Å². The molecule has 1 atom stereocenters. The van der Waals surface area contributed by atoms with Crippen LogP contribution in [0.4, 0.5) is 4.79 Å². The molecule has 0 aromatic heterocycles. The summed E-state index contributed by atoms with van der Waals surface area (Å²) in [5.74, 6) is -0.613. The SMILES string of the molecule is NC(=O)[C@H](N)CCCCNC(=O)NC(COC(CO)CO)(COC(CO)CO)COC(CO)CO. The minimum absolute atomic E-state index is 0.220. The van der Waals surface area contributed by atoms with Gasteiger partial charge in [-0.15, -0.1) is 0 Å². The van der Waals surface area contributed by atoms with Crippen molar-refractivity contribution in [1.82, 2.24) is 10.6 Å². The van der Waals surface area contributed by atoms with Crippen molar-refractivity contribution in [3.05, 3.63) is 0 Å². The molecule has 0 saturated heterocycles. The van der Waals surface area contributed by atoms with E-state index in [1.807, 2.05) is 0 Å². The van der Waals surface area contributed by atoms with Crippen LogP contribution >= 0.6 is 0 Å². The predicted molar refractivity (Wildman–Crippen MR) is 122 cm³/mol. The molecule has 15 heteroatoms. The van der Waals surface area contributed by atoms with E-state index in [1.165, 1.54) is 0 Å². The number of nitrogens with two attached hydrogens (primary N) is 2. The van der Waals surface area contributed by atoms with Gasteiger partial charge in [0.15, 0.2) is 0 Å². The molecular weight excluding hydrogens is 472 g/mol. The largest absolute Gasteiger partial charge is 0.394 e. The highest BCUT2D eigenvalue weighted by molar-refractivity contribution is 5.79. The molecule has 208 valence electrons. The van der Waals surface area contributed by atoms with Gasteiger partial charge in [0, 0.05) is 6.54 Å². The number of aliphatic hydroxyl groups excluding tert-OH is 6. The summed E-state index contributed by atoms with van der Waals surface area (Å²) >= 11 is 0. The van der Waals surface area contributed by atoms with E-state index in [0.29, 0.717) is 19.3 Å². The number of urea groups is 1. The van der Waals surface area contributed by atoms with Crippen LogP contribution in [0.15, 0.2) is 0 Å². The summed E-state index contributed by atoms with van der Waals surface area (Å²) < 4.78 is 16.5. The third kappa shape index (κ3) is 14.5. The number of carbonyl (C=O) groups is 2. The van der Waals surface area contributed by atoms with Crippen LogP contribution in [-0.4, -0.2) is 138 Å². The van der Waals surface area contributed by atoms with Crippen molar-refractivity contribution in [1.29, 1.82) is 0 Å². The Morgan fingerprint density at radius 3 is 1.49 bits per heavy atom. The lowest BCUT2D eigenvalue weighted by Crippen LogP contribution is -2.62. The van der Waals surface area contributed by atoms with Gasteiger partial charge in [0.05, 0.1) is 65.5 Å². The van der Waals surface area contributed by atoms with Gasteiger partial charge in [-0.25, -0.2) is 4.79 Å². The zero-order valence-corrected chi connectivity index (χ0v) is 19.9. The van der Waals surface area contributed by atoms with Crippen molar-refractivity contribution in [2.75, 3.05) is 66.0 Å². The Bertz CT molecular complexity index is 520. The number of rotatable bonds is 22. The van der Waals surface area contributed by atoms with Crippen LogP contribution < -0.4 is 22.1 Å². The molecule has 0 aliphatic rings. The zero-order valence-electron chi connectivity index (χ0n) is 19.9. The molecule has 35 heavy (non-hydrogen) atoms. The van der Waals surface area contributed by atoms with Gasteiger partial charge in [-0.3, -0.25) is 4.79 Å². The molecule has 0 rings (SSSR count). The number of unbranched alkanes of at least 4 members (excludes halogenated alkanes) is 1. The summed E-state index contributed by atoms with van der Waals surface area (Å²) in [6, 6.07) is -1.44. The molecule has 3 amide bonds. The number of hydrogen-bond acceptors (Lipinski definition) is 12. The average molecular weight is 515 g/mol. The molecule has 12 N–H and O–H groups in total. The number of ether oxygens (including phenoxy) is 3. The number of hydrogen-bond donors (Lipinski definition) is 10. The van der Waals surface area contributed by atoms with Crippen molar-refractivity contribution >= 4 is 11.9 Å². The van der Waals surface area contributed by atoms with Crippen molar-refractivity contribution in [2.24, 2.45) is 11.5 Å². The van der Waals surface area contributed by atoms with Crippen molar-refractivity contribution in [3.8, 4) is 0 Å². The van der Waals surface area contributed by atoms with Crippen LogP contribution in [-0.2, 0) is 19.0 Å². The molecule has 0 spiro atoms. The second-order valence-corrected chi connectivity index (χ2v) is 8.06. The van der Waals surface area contributed by atoms with Gasteiger partial charge in [-0.2, -0.15) is 0 Å². The first-order valence-corrected chi connectivity index (χ1v) is 11.3. The van der Waals surface area contributed by atoms with Crippen LogP contribution in [0.25, 0.3) is 0 Å². The lowest BCUT2D eigenvalue weighted by atomic mass is 10.0. The summed E-state index contributed by atoms with van der Waals surface area (Å²) in [5, 5.41) is 61.2. The Morgan fingerprint density at radius 2 is 1.14 bits per heavy atom. The van der Waals surface area contributed by atoms with Crippen LogP contribution in [0.2, 0.25) is 0 Å². The molecule has 0 bridgehead atoms. The quantitative estimate of drug-likeness (QED) is 0.0610. The number of primary amides is 1. The van der Waals surface area contributed by atoms with Crippen LogP contribution in [0, 0.1) is 0 Å². The summed E-state index contributed by atoms with van der Waals surface area (Å²) in [7, 11) is 0. The summed E-state index contributed by atoms with van der Waals surface area (Å²) in [6.07, 6.45) is -1.56. The molecule has 0 heterocycles. The number of aliphatic hydroxyl groups is 6. The van der Waals surface area contributed by atoms with Gasteiger partial charge in [0.25, 0.3) is 0 Å². The highest BCUT2D eigenvalue weighted by Crippen LogP contribution is 2.13. The molecule has 0 aromatic rings. The van der Waals surface area contributed by atoms with Crippen molar-refractivity contribution in [2.45, 2.75) is 49.2 Å². The Labute approximate surface area is 204 Å². The maximum atomic E-state index is 12.6. The van der Waals surface area contributed by atoms with Gasteiger partial charge in [-0.1, -0.05) is 0 Å². The first-order chi connectivity index (χ1) is 16.7. The summed E-state index contributed by atoms with van der Waals surface area (Å²) in [6.45, 7) is -3.89. The molecule has 0 aliphatic heterocycles. The average Bonchev–Trinajstić information content (AvgIpc) is 2.85. The summed E-state index contributed by atoms with van der Waals surface area (Å²) in [5.41, 5.74) is 9.19. The van der Waals surface area contributed by atoms with Crippen LogP contribution in [0.3, 0.4) is 0 Å². The normalized spacial score (nSPS) is 13.0. The smallest absolute Gasteiger partial charge is 0.315 e. The fourth-order valence-corrected chi connectivity index (χ4v) is 2.67. The number of amides is 3. The van der Waals surface area contributed by atoms with E-state index >= 15 is 0 Å². The van der Waals surface area contributed by atoms with E-state index in [4.69, 9.17) is 25.7 Å². The molecular formula is C20H42N4O11. The highest BCUT2D eigenvalue weighted by atomic mass is 16.5. The number of nitrogens with one attached hydrogen (secondary N) is 2. The third-order valence-corrected chi connectivity index (χ3v) is 4.98. The fourth-order valence-electron chi connectivity index (χ4n) is 2.67. The zero-order chi connectivity index (χ0) is 26.7. The topological polar surface area (TPSA) is 259 Å². The molecule has 0 fully saturated rings. The van der Waals surface area contributed by atoms with Gasteiger partial charge >= 0.3 is 6.03 Å². The van der Waals surface area contributed by atoms with Crippen LogP contribution in [0.1, 0.15) is 19.3 Å². The third-order valence-electron chi connectivity index (χ3n) is 4.98. The van der Waals surface area contributed by atoms with Gasteiger partial charge in [0.1, 0.15) is 23.9 Å². The lowest BCUT2D eigenvalue weighted by Gasteiger charge is -2.36. The molecule has 0 aliphatic carbocycles. The second-order valence-electron chi connectivity index (χ2n) is 8.06. The lowest BCUT2D eigenvalue weighted by molar-refractivity contribution is -0.119. The Hall–Kier alpha value is -1.66. The van der Waals surface area contributed by atoms with E-state index in [1.54, 1.807) is 0 Å². The van der Waals surface area contributed by atoms with Gasteiger partial charge in [-0.05, 0) is 19.3 Å². The molecule has 0 radical (unpaired) electrons. The first kappa shape index (κ1) is 33.3. The minimum Gasteiger partial charge on any atom is -0.394 e. The highest BCUT2D eigenvalue weighted by Gasteiger charge is 2.36. The van der Waals surface area contributed by atoms with E-state index in [2.05, 4.69) is 10.6 Å². The van der Waals surface area contributed by atoms with Crippen LogP contribution in [0.5, 0.6) is 0 Å². The molecule has 0 unspecified atom stereocenters. The van der Waals surface area contributed by atoms with E-state index < -0.39 is 81.5 Å². The monoisotopic (exact) mass is 514 g/mol. The maximum Gasteiger partial charge on any atom is 0.315 e. The predicted octanol–water partition coefficient (Wildman–Crippen LogP) is -4.88. The molecule has 15 nitrogen and oxygen atoms in total.